The Morgan fingerprint density at radius 1 is 1.45 bits per heavy atom. The Balaban J connectivity index is 2.19. The molecule has 0 radical (unpaired) electrons. The second-order valence-electron chi connectivity index (χ2n) is 5.21. The van der Waals surface area contributed by atoms with E-state index in [1.54, 1.807) is 6.92 Å². The Morgan fingerprint density at radius 3 is 2.60 bits per heavy atom. The lowest BCUT2D eigenvalue weighted by Crippen LogP contribution is -2.43. The molecule has 2 rings (SSSR count). The van der Waals surface area contributed by atoms with Gasteiger partial charge in [0.1, 0.15) is 23.7 Å². The van der Waals surface area contributed by atoms with Crippen molar-refractivity contribution >= 4 is 12.3 Å². The van der Waals surface area contributed by atoms with Gasteiger partial charge in [-0.05, 0) is 12.8 Å². The number of benzene rings is 1. The normalized spacial score (nSPS) is 24.6. The molecule has 1 aliphatic rings. The standard InChI is InChI=1S/C14H15FO5/c1-14(7-16)5-8(6-14)20-12-3-9(13(17)18)11(19-2)4-10(12)15/h3-4,7-8H,5-6H2,1-2H3,(H,17,18)/t8-,14+. The third-order valence-electron chi connectivity index (χ3n) is 3.45. The molecule has 0 heterocycles. The van der Waals surface area contributed by atoms with Gasteiger partial charge in [-0.15, -0.1) is 0 Å². The highest BCUT2D eigenvalue weighted by Gasteiger charge is 2.42. The molecule has 0 saturated heterocycles. The first-order chi connectivity index (χ1) is 9.38. The molecule has 0 aliphatic heterocycles. The molecule has 1 aromatic rings. The van der Waals surface area contributed by atoms with Crippen LogP contribution >= 0.6 is 0 Å². The minimum absolute atomic E-state index is 0.0614. The maximum atomic E-state index is 13.8. The molecule has 1 aliphatic carbocycles. The zero-order chi connectivity index (χ0) is 14.9. The number of aromatic carboxylic acids is 1. The van der Waals surface area contributed by atoms with Gasteiger partial charge in [0, 0.05) is 17.5 Å². The molecule has 1 saturated carbocycles. The van der Waals surface area contributed by atoms with E-state index in [1.165, 1.54) is 7.11 Å². The Labute approximate surface area is 115 Å². The van der Waals surface area contributed by atoms with Gasteiger partial charge in [-0.2, -0.15) is 0 Å². The number of carbonyl (C=O) groups is 2. The highest BCUT2D eigenvalue weighted by atomic mass is 19.1. The number of carboxylic acids is 1. The molecule has 0 bridgehead atoms. The quantitative estimate of drug-likeness (QED) is 0.839. The van der Waals surface area contributed by atoms with Gasteiger partial charge in [0.25, 0.3) is 0 Å². The number of hydrogen-bond acceptors (Lipinski definition) is 4. The van der Waals surface area contributed by atoms with E-state index in [0.717, 1.165) is 18.4 Å². The summed E-state index contributed by atoms with van der Waals surface area (Å²) >= 11 is 0. The lowest BCUT2D eigenvalue weighted by atomic mass is 9.69. The van der Waals surface area contributed by atoms with Crippen molar-refractivity contribution in [3.63, 3.8) is 0 Å². The predicted molar refractivity (Wildman–Crippen MR) is 67.7 cm³/mol. The number of ether oxygens (including phenoxy) is 2. The summed E-state index contributed by atoms with van der Waals surface area (Å²) in [6, 6.07) is 2.09. The third kappa shape index (κ3) is 2.59. The summed E-state index contributed by atoms with van der Waals surface area (Å²) in [4.78, 5) is 21.8. The number of carbonyl (C=O) groups excluding carboxylic acids is 1. The molecule has 0 amide bonds. The highest BCUT2D eigenvalue weighted by Crippen LogP contribution is 2.41. The number of aldehydes is 1. The second-order valence-corrected chi connectivity index (χ2v) is 5.21. The molecular formula is C14H15FO5. The molecule has 108 valence electrons. The van der Waals surface area contributed by atoms with Gasteiger partial charge in [-0.1, -0.05) is 6.92 Å². The smallest absolute Gasteiger partial charge is 0.339 e. The van der Waals surface area contributed by atoms with Crippen molar-refractivity contribution in [3.05, 3.63) is 23.5 Å². The van der Waals surface area contributed by atoms with Gasteiger partial charge < -0.3 is 19.4 Å². The number of rotatable bonds is 5. The molecule has 0 spiro atoms. The molecule has 0 atom stereocenters. The first-order valence-electron chi connectivity index (χ1n) is 6.12. The molecule has 0 aromatic heterocycles. The minimum Gasteiger partial charge on any atom is -0.496 e. The lowest BCUT2D eigenvalue weighted by molar-refractivity contribution is -0.124. The van der Waals surface area contributed by atoms with Crippen molar-refractivity contribution in [2.24, 2.45) is 5.41 Å². The Hall–Kier alpha value is -2.11. The molecule has 6 heteroatoms. The first-order valence-corrected chi connectivity index (χ1v) is 6.12. The van der Waals surface area contributed by atoms with Crippen molar-refractivity contribution in [2.45, 2.75) is 25.9 Å². The second kappa shape index (κ2) is 5.11. The van der Waals surface area contributed by atoms with E-state index < -0.39 is 17.2 Å². The van der Waals surface area contributed by atoms with Crippen LogP contribution in [0.4, 0.5) is 4.39 Å². The fourth-order valence-corrected chi connectivity index (χ4v) is 2.30. The largest absolute Gasteiger partial charge is 0.496 e. The fourth-order valence-electron chi connectivity index (χ4n) is 2.30. The van der Waals surface area contributed by atoms with Crippen LogP contribution in [-0.2, 0) is 4.79 Å². The van der Waals surface area contributed by atoms with Crippen LogP contribution in [-0.4, -0.2) is 30.6 Å². The summed E-state index contributed by atoms with van der Waals surface area (Å²) in [5.41, 5.74) is -0.593. The Kier molecular flexibility index (Phi) is 3.65. The number of methoxy groups -OCH3 is 1. The maximum absolute atomic E-state index is 13.8. The van der Waals surface area contributed by atoms with E-state index in [2.05, 4.69) is 0 Å². The number of carboxylic acid groups (broad SMARTS) is 1. The van der Waals surface area contributed by atoms with Crippen LogP contribution < -0.4 is 9.47 Å². The van der Waals surface area contributed by atoms with E-state index in [9.17, 15) is 14.0 Å². The van der Waals surface area contributed by atoms with E-state index in [4.69, 9.17) is 14.6 Å². The monoisotopic (exact) mass is 282 g/mol. The maximum Gasteiger partial charge on any atom is 0.339 e. The zero-order valence-corrected chi connectivity index (χ0v) is 11.2. The minimum atomic E-state index is -1.22. The number of halogens is 1. The van der Waals surface area contributed by atoms with Gasteiger partial charge in [-0.3, -0.25) is 0 Å². The molecule has 20 heavy (non-hydrogen) atoms. The average Bonchev–Trinajstić information content (AvgIpc) is 2.37. The van der Waals surface area contributed by atoms with Crippen molar-refractivity contribution in [3.8, 4) is 11.5 Å². The van der Waals surface area contributed by atoms with Crippen LogP contribution in [0.25, 0.3) is 0 Å². The van der Waals surface area contributed by atoms with E-state index in [1.807, 2.05) is 0 Å². The van der Waals surface area contributed by atoms with Crippen molar-refractivity contribution in [2.75, 3.05) is 7.11 Å². The Bertz CT molecular complexity index is 549. The van der Waals surface area contributed by atoms with Gasteiger partial charge in [0.15, 0.2) is 11.6 Å². The zero-order valence-electron chi connectivity index (χ0n) is 11.2. The third-order valence-corrected chi connectivity index (χ3v) is 3.45. The summed E-state index contributed by atoms with van der Waals surface area (Å²) in [7, 11) is 1.27. The van der Waals surface area contributed by atoms with E-state index >= 15 is 0 Å². The van der Waals surface area contributed by atoms with Crippen LogP contribution in [0.3, 0.4) is 0 Å². The molecule has 1 aromatic carbocycles. The van der Waals surface area contributed by atoms with Crippen LogP contribution in [0.1, 0.15) is 30.1 Å². The molecule has 1 N–H and O–H groups in total. The van der Waals surface area contributed by atoms with Crippen LogP contribution in [0, 0.1) is 11.2 Å². The first kappa shape index (κ1) is 14.3. The molecule has 1 fully saturated rings. The Morgan fingerprint density at radius 2 is 2.10 bits per heavy atom. The van der Waals surface area contributed by atoms with Crippen LogP contribution in [0.2, 0.25) is 0 Å². The highest BCUT2D eigenvalue weighted by molar-refractivity contribution is 5.91. The van der Waals surface area contributed by atoms with Gasteiger partial charge in [0.2, 0.25) is 0 Å². The van der Waals surface area contributed by atoms with Crippen molar-refractivity contribution < 1.29 is 28.6 Å². The fraction of sp³-hybridized carbons (Fsp3) is 0.429. The van der Waals surface area contributed by atoms with Gasteiger partial charge in [-0.25, -0.2) is 9.18 Å². The summed E-state index contributed by atoms with van der Waals surface area (Å²) in [5.74, 6) is -2.11. The van der Waals surface area contributed by atoms with E-state index in [-0.39, 0.29) is 23.2 Å². The van der Waals surface area contributed by atoms with Crippen molar-refractivity contribution in [1.82, 2.24) is 0 Å². The van der Waals surface area contributed by atoms with Crippen LogP contribution in [0.15, 0.2) is 12.1 Å². The molecular weight excluding hydrogens is 267 g/mol. The van der Waals surface area contributed by atoms with Crippen LogP contribution in [0.5, 0.6) is 11.5 Å². The van der Waals surface area contributed by atoms with Gasteiger partial charge in [0.05, 0.1) is 7.11 Å². The summed E-state index contributed by atoms with van der Waals surface area (Å²) in [6.07, 6.45) is 1.56. The SMILES string of the molecule is COc1cc(F)c(O[C@H]2C[C@@](C)(C=O)C2)cc1C(=O)O. The number of hydrogen-bond donors (Lipinski definition) is 1. The lowest BCUT2D eigenvalue weighted by Gasteiger charge is -2.40. The van der Waals surface area contributed by atoms with Crippen molar-refractivity contribution in [1.29, 1.82) is 0 Å². The molecule has 0 unspecified atom stereocenters. The predicted octanol–water partition coefficient (Wildman–Crippen LogP) is 2.28. The molecule has 5 nitrogen and oxygen atoms in total. The average molecular weight is 282 g/mol. The summed E-state index contributed by atoms with van der Waals surface area (Å²) in [6.45, 7) is 1.80. The van der Waals surface area contributed by atoms with E-state index in [0.29, 0.717) is 12.8 Å². The topological polar surface area (TPSA) is 72.8 Å². The summed E-state index contributed by atoms with van der Waals surface area (Å²) in [5, 5.41) is 9.03. The summed E-state index contributed by atoms with van der Waals surface area (Å²) < 4.78 is 24.0. The van der Waals surface area contributed by atoms with Gasteiger partial charge >= 0.3 is 5.97 Å².